The van der Waals surface area contributed by atoms with Crippen LogP contribution in [0.1, 0.15) is 23.4 Å². The molecular weight excluding hydrogens is 360 g/mol. The molecule has 0 saturated heterocycles. The van der Waals surface area contributed by atoms with E-state index in [1.165, 1.54) is 11.1 Å². The van der Waals surface area contributed by atoms with Crippen LogP contribution in [-0.2, 0) is 24.2 Å². The molecule has 0 aliphatic heterocycles. The second-order valence-corrected chi connectivity index (χ2v) is 7.03. The number of nitrogens with one attached hydrogen (secondary N) is 1. The van der Waals surface area contributed by atoms with E-state index in [4.69, 9.17) is 4.98 Å². The first-order chi connectivity index (χ1) is 14.3. The Hall–Kier alpha value is -3.47. The number of hydrogen-bond acceptors (Lipinski definition) is 3. The van der Waals surface area contributed by atoms with Gasteiger partial charge in [0.1, 0.15) is 11.3 Å². The highest BCUT2D eigenvalue weighted by Gasteiger charge is 2.13. The summed E-state index contributed by atoms with van der Waals surface area (Å²) in [5.41, 5.74) is 4.13. The lowest BCUT2D eigenvalue weighted by atomic mass is 10.1. The van der Waals surface area contributed by atoms with Crippen molar-refractivity contribution in [3.05, 3.63) is 95.9 Å². The van der Waals surface area contributed by atoms with Gasteiger partial charge in [-0.25, -0.2) is 9.97 Å². The molecule has 0 saturated carbocycles. The van der Waals surface area contributed by atoms with Crippen molar-refractivity contribution in [3.8, 4) is 0 Å². The number of aryl methyl sites for hydroxylation is 1. The summed E-state index contributed by atoms with van der Waals surface area (Å²) in [4.78, 5) is 21.6. The molecule has 0 unspecified atom stereocenters. The Morgan fingerprint density at radius 3 is 2.34 bits per heavy atom. The number of imidazole rings is 1. The highest BCUT2D eigenvalue weighted by atomic mass is 16.1. The summed E-state index contributed by atoms with van der Waals surface area (Å²) < 4.78 is 2.11. The van der Waals surface area contributed by atoms with Gasteiger partial charge >= 0.3 is 0 Å². The number of carbonyl (C=O) groups excluding carboxylic acids is 1. The van der Waals surface area contributed by atoms with E-state index in [1.807, 2.05) is 48.5 Å². The predicted molar refractivity (Wildman–Crippen MR) is 115 cm³/mol. The van der Waals surface area contributed by atoms with Crippen LogP contribution in [0.4, 0.5) is 0 Å². The zero-order valence-corrected chi connectivity index (χ0v) is 16.3. The van der Waals surface area contributed by atoms with E-state index in [-0.39, 0.29) is 5.91 Å². The Morgan fingerprint density at radius 1 is 0.862 bits per heavy atom. The molecule has 0 bridgehead atoms. The number of pyridine rings is 1. The summed E-state index contributed by atoms with van der Waals surface area (Å²) in [6.45, 7) is 1.34. The molecule has 4 rings (SSSR count). The maximum Gasteiger partial charge on any atom is 0.220 e. The van der Waals surface area contributed by atoms with Crippen LogP contribution in [-0.4, -0.2) is 27.0 Å². The standard InChI is InChI=1S/C24H24N4O/c29-23(25-17-15-19-8-3-1-4-9-19)14-13-22-27-21-12-7-16-26-24(21)28(22)18-20-10-5-2-6-11-20/h1-12,16H,13-15,17-18H2,(H,25,29). The third kappa shape index (κ3) is 4.88. The number of rotatable bonds is 8. The molecule has 0 aliphatic carbocycles. The van der Waals surface area contributed by atoms with E-state index in [2.05, 4.69) is 39.1 Å². The molecule has 146 valence electrons. The highest BCUT2D eigenvalue weighted by Crippen LogP contribution is 2.17. The fourth-order valence-corrected chi connectivity index (χ4v) is 3.43. The maximum absolute atomic E-state index is 12.3. The summed E-state index contributed by atoms with van der Waals surface area (Å²) in [6.07, 6.45) is 3.61. The van der Waals surface area contributed by atoms with Crippen LogP contribution < -0.4 is 5.32 Å². The van der Waals surface area contributed by atoms with E-state index in [0.29, 0.717) is 25.9 Å². The molecule has 4 aromatic rings. The summed E-state index contributed by atoms with van der Waals surface area (Å²) in [5, 5.41) is 3.01. The van der Waals surface area contributed by atoms with E-state index < -0.39 is 0 Å². The molecule has 5 nitrogen and oxygen atoms in total. The summed E-state index contributed by atoms with van der Waals surface area (Å²) in [7, 11) is 0. The van der Waals surface area contributed by atoms with Gasteiger partial charge in [-0.05, 0) is 29.7 Å². The number of hydrogen-bond donors (Lipinski definition) is 1. The Bertz CT molecular complexity index is 1070. The lowest BCUT2D eigenvalue weighted by Gasteiger charge is -2.09. The summed E-state index contributed by atoms with van der Waals surface area (Å²) in [6, 6.07) is 24.3. The normalized spacial score (nSPS) is 10.9. The zero-order chi connectivity index (χ0) is 19.9. The van der Waals surface area contributed by atoms with E-state index in [0.717, 1.165) is 23.4 Å². The smallest absolute Gasteiger partial charge is 0.220 e. The minimum Gasteiger partial charge on any atom is -0.356 e. The molecule has 2 aromatic heterocycles. The fraction of sp³-hybridized carbons (Fsp3) is 0.208. The first-order valence-corrected chi connectivity index (χ1v) is 9.94. The van der Waals surface area contributed by atoms with Gasteiger partial charge in [-0.1, -0.05) is 60.7 Å². The van der Waals surface area contributed by atoms with Crippen LogP contribution in [0.5, 0.6) is 0 Å². The van der Waals surface area contributed by atoms with Crippen molar-refractivity contribution in [2.24, 2.45) is 0 Å². The zero-order valence-electron chi connectivity index (χ0n) is 16.3. The fourth-order valence-electron chi connectivity index (χ4n) is 3.43. The van der Waals surface area contributed by atoms with Gasteiger partial charge in [-0.3, -0.25) is 4.79 Å². The van der Waals surface area contributed by atoms with Gasteiger partial charge in [-0.15, -0.1) is 0 Å². The van der Waals surface area contributed by atoms with Crippen LogP contribution in [0.25, 0.3) is 11.2 Å². The molecule has 0 radical (unpaired) electrons. The summed E-state index contributed by atoms with van der Waals surface area (Å²) in [5.74, 6) is 0.938. The van der Waals surface area contributed by atoms with Gasteiger partial charge in [0, 0.05) is 25.6 Å². The highest BCUT2D eigenvalue weighted by molar-refractivity contribution is 5.76. The molecule has 0 aliphatic rings. The summed E-state index contributed by atoms with van der Waals surface area (Å²) >= 11 is 0. The van der Waals surface area contributed by atoms with E-state index in [1.54, 1.807) is 6.20 Å². The molecule has 1 amide bonds. The van der Waals surface area contributed by atoms with Crippen molar-refractivity contribution in [1.82, 2.24) is 19.9 Å². The quantitative estimate of drug-likeness (QED) is 0.503. The Kier molecular flexibility index (Phi) is 5.95. The molecule has 0 fully saturated rings. The first kappa shape index (κ1) is 18.9. The van der Waals surface area contributed by atoms with Crippen molar-refractivity contribution in [2.75, 3.05) is 6.54 Å². The SMILES string of the molecule is O=C(CCc1nc2cccnc2n1Cc1ccccc1)NCCc1ccccc1. The van der Waals surface area contributed by atoms with Gasteiger partial charge in [0.25, 0.3) is 0 Å². The predicted octanol–water partition coefficient (Wildman–Crippen LogP) is 3.77. The van der Waals surface area contributed by atoms with Crippen molar-refractivity contribution < 1.29 is 4.79 Å². The third-order valence-electron chi connectivity index (χ3n) is 4.92. The van der Waals surface area contributed by atoms with Crippen molar-refractivity contribution in [3.63, 3.8) is 0 Å². The second kappa shape index (κ2) is 9.15. The lowest BCUT2D eigenvalue weighted by molar-refractivity contribution is -0.121. The van der Waals surface area contributed by atoms with Gasteiger partial charge in [0.15, 0.2) is 5.65 Å². The Balaban J connectivity index is 1.40. The average molecular weight is 384 g/mol. The number of amides is 1. The van der Waals surface area contributed by atoms with Crippen molar-refractivity contribution in [2.45, 2.75) is 25.8 Å². The van der Waals surface area contributed by atoms with E-state index >= 15 is 0 Å². The number of aromatic nitrogens is 3. The molecule has 5 heteroatoms. The van der Waals surface area contributed by atoms with Gasteiger partial charge in [0.05, 0.1) is 6.54 Å². The Labute approximate surface area is 170 Å². The van der Waals surface area contributed by atoms with Gasteiger partial charge in [-0.2, -0.15) is 0 Å². The number of nitrogens with zero attached hydrogens (tertiary/aromatic N) is 3. The monoisotopic (exact) mass is 384 g/mol. The number of benzene rings is 2. The van der Waals surface area contributed by atoms with Crippen LogP contribution in [0.15, 0.2) is 79.0 Å². The van der Waals surface area contributed by atoms with Crippen LogP contribution in [0, 0.1) is 0 Å². The van der Waals surface area contributed by atoms with Crippen LogP contribution in [0.3, 0.4) is 0 Å². The number of fused-ring (bicyclic) bond motifs is 1. The molecule has 29 heavy (non-hydrogen) atoms. The number of carbonyl (C=O) groups is 1. The van der Waals surface area contributed by atoms with Gasteiger partial charge in [0.2, 0.25) is 5.91 Å². The lowest BCUT2D eigenvalue weighted by Crippen LogP contribution is -2.26. The first-order valence-electron chi connectivity index (χ1n) is 9.94. The molecular formula is C24H24N4O. The average Bonchev–Trinajstić information content (AvgIpc) is 3.11. The minimum absolute atomic E-state index is 0.0483. The van der Waals surface area contributed by atoms with Crippen molar-refractivity contribution >= 4 is 17.1 Å². The maximum atomic E-state index is 12.3. The second-order valence-electron chi connectivity index (χ2n) is 7.03. The third-order valence-corrected chi connectivity index (χ3v) is 4.92. The van der Waals surface area contributed by atoms with Crippen LogP contribution in [0.2, 0.25) is 0 Å². The van der Waals surface area contributed by atoms with Gasteiger partial charge < -0.3 is 9.88 Å². The largest absolute Gasteiger partial charge is 0.356 e. The minimum atomic E-state index is 0.0483. The van der Waals surface area contributed by atoms with Crippen molar-refractivity contribution in [1.29, 1.82) is 0 Å². The Morgan fingerprint density at radius 2 is 1.59 bits per heavy atom. The van der Waals surface area contributed by atoms with E-state index in [9.17, 15) is 4.79 Å². The molecule has 2 heterocycles. The molecule has 2 aromatic carbocycles. The molecule has 1 N–H and O–H groups in total. The molecule has 0 atom stereocenters. The molecule has 0 spiro atoms. The topological polar surface area (TPSA) is 59.8 Å². The van der Waals surface area contributed by atoms with Crippen LogP contribution >= 0.6 is 0 Å².